The maximum absolute atomic E-state index is 12.3. The Bertz CT molecular complexity index is 601. The molecular weight excluding hydrogens is 278 g/mol. The van der Waals surface area contributed by atoms with Gasteiger partial charge in [0.2, 0.25) is 5.91 Å². The maximum Gasteiger partial charge on any atom is 0.253 e. The molecule has 1 aliphatic rings. The third-order valence-electron chi connectivity index (χ3n) is 4.08. The van der Waals surface area contributed by atoms with Crippen LogP contribution >= 0.6 is 0 Å². The molecule has 0 spiro atoms. The molecule has 1 fully saturated rings. The van der Waals surface area contributed by atoms with Crippen molar-refractivity contribution in [2.75, 3.05) is 0 Å². The number of piperidine rings is 1. The van der Waals surface area contributed by atoms with Gasteiger partial charge in [0.1, 0.15) is 6.54 Å². The number of carbonyl (C=O) groups excluding carboxylic acids is 1. The van der Waals surface area contributed by atoms with Gasteiger partial charge in [0.25, 0.3) is 5.56 Å². The summed E-state index contributed by atoms with van der Waals surface area (Å²) < 4.78 is 1.46. The van der Waals surface area contributed by atoms with Crippen LogP contribution in [0.2, 0.25) is 0 Å². The van der Waals surface area contributed by atoms with E-state index in [2.05, 4.69) is 38.3 Å². The Kier molecular flexibility index (Phi) is 4.47. The smallest absolute Gasteiger partial charge is 0.253 e. The van der Waals surface area contributed by atoms with E-state index in [0.29, 0.717) is 5.56 Å². The highest BCUT2D eigenvalue weighted by Gasteiger charge is 2.38. The first kappa shape index (κ1) is 16.7. The number of hydrogen-bond acceptors (Lipinski definition) is 3. The number of aryl methyl sites for hydroxylation is 1. The van der Waals surface area contributed by atoms with Crippen LogP contribution in [0.5, 0.6) is 0 Å². The lowest BCUT2D eigenvalue weighted by molar-refractivity contribution is -0.123. The molecule has 0 bridgehead atoms. The zero-order chi connectivity index (χ0) is 16.5. The minimum absolute atomic E-state index is 0.0140. The Balaban J connectivity index is 2.03. The summed E-state index contributed by atoms with van der Waals surface area (Å²) in [5.74, 6) is -0.105. The van der Waals surface area contributed by atoms with Crippen LogP contribution in [0.15, 0.2) is 23.1 Å². The molecule has 2 rings (SSSR count). The molecular formula is C17H27N3O2. The molecule has 1 aromatic rings. The Morgan fingerprint density at radius 3 is 2.50 bits per heavy atom. The van der Waals surface area contributed by atoms with E-state index in [1.807, 2.05) is 0 Å². The van der Waals surface area contributed by atoms with E-state index in [1.54, 1.807) is 25.3 Å². The molecule has 0 atom stereocenters. The van der Waals surface area contributed by atoms with Crippen molar-refractivity contribution in [3.05, 3.63) is 34.2 Å². The fraction of sp³-hybridized carbons (Fsp3) is 0.647. The number of carbonyl (C=O) groups is 1. The van der Waals surface area contributed by atoms with Gasteiger partial charge < -0.3 is 15.2 Å². The van der Waals surface area contributed by atoms with Crippen LogP contribution in [0.4, 0.5) is 0 Å². The van der Waals surface area contributed by atoms with Crippen molar-refractivity contribution < 1.29 is 4.79 Å². The van der Waals surface area contributed by atoms with E-state index in [9.17, 15) is 9.59 Å². The summed E-state index contributed by atoms with van der Waals surface area (Å²) in [6.07, 6.45) is 3.42. The molecule has 0 aromatic carbocycles. The van der Waals surface area contributed by atoms with Gasteiger partial charge in [-0.3, -0.25) is 9.59 Å². The number of hydrogen-bond donors (Lipinski definition) is 2. The minimum Gasteiger partial charge on any atom is -0.352 e. The van der Waals surface area contributed by atoms with Gasteiger partial charge in [0, 0.05) is 28.9 Å². The molecule has 1 aliphatic heterocycles. The second-order valence-electron chi connectivity index (χ2n) is 7.69. The third kappa shape index (κ3) is 4.19. The Morgan fingerprint density at radius 2 is 1.91 bits per heavy atom. The molecule has 22 heavy (non-hydrogen) atoms. The van der Waals surface area contributed by atoms with Gasteiger partial charge >= 0.3 is 0 Å². The van der Waals surface area contributed by atoms with E-state index in [0.717, 1.165) is 12.8 Å². The highest BCUT2D eigenvalue weighted by Crippen LogP contribution is 2.28. The summed E-state index contributed by atoms with van der Waals surface area (Å²) in [7, 11) is 0. The number of nitrogens with one attached hydrogen (secondary N) is 2. The normalized spacial score (nSPS) is 20.6. The van der Waals surface area contributed by atoms with E-state index in [4.69, 9.17) is 0 Å². The highest BCUT2D eigenvalue weighted by atomic mass is 16.2. The molecule has 1 amide bonds. The molecule has 0 aliphatic carbocycles. The van der Waals surface area contributed by atoms with Gasteiger partial charge in [-0.25, -0.2) is 0 Å². The van der Waals surface area contributed by atoms with E-state index in [1.165, 1.54) is 4.57 Å². The molecule has 5 heteroatoms. The summed E-state index contributed by atoms with van der Waals surface area (Å²) in [6.45, 7) is 10.4. The SMILES string of the molecule is Cc1cccn(CC(=O)NC2CC(C)(C)NC(C)(C)C2)c1=O. The van der Waals surface area contributed by atoms with Gasteiger partial charge in [-0.05, 0) is 53.5 Å². The number of amides is 1. The zero-order valence-corrected chi connectivity index (χ0v) is 14.2. The van der Waals surface area contributed by atoms with E-state index >= 15 is 0 Å². The topological polar surface area (TPSA) is 63.1 Å². The zero-order valence-electron chi connectivity index (χ0n) is 14.2. The van der Waals surface area contributed by atoms with Crippen LogP contribution in [0.1, 0.15) is 46.1 Å². The number of pyridine rings is 1. The monoisotopic (exact) mass is 305 g/mol. The van der Waals surface area contributed by atoms with Crippen molar-refractivity contribution in [2.45, 2.75) is 71.1 Å². The highest BCUT2D eigenvalue weighted by molar-refractivity contribution is 5.76. The van der Waals surface area contributed by atoms with Gasteiger partial charge in [0.05, 0.1) is 0 Å². The number of rotatable bonds is 3. The molecule has 0 radical (unpaired) electrons. The Labute approximate surface area is 132 Å². The van der Waals surface area contributed by atoms with Gasteiger partial charge in [-0.15, -0.1) is 0 Å². The number of aromatic nitrogens is 1. The van der Waals surface area contributed by atoms with Crippen LogP contribution in [-0.2, 0) is 11.3 Å². The summed E-state index contributed by atoms with van der Waals surface area (Å²) >= 11 is 0. The largest absolute Gasteiger partial charge is 0.352 e. The van der Waals surface area contributed by atoms with Crippen LogP contribution in [0, 0.1) is 6.92 Å². The molecule has 122 valence electrons. The average molecular weight is 305 g/mol. The lowest BCUT2D eigenvalue weighted by Crippen LogP contribution is -2.62. The van der Waals surface area contributed by atoms with Crippen molar-refractivity contribution in [3.8, 4) is 0 Å². The molecule has 2 heterocycles. The molecule has 2 N–H and O–H groups in total. The fourth-order valence-corrected chi connectivity index (χ4v) is 3.63. The van der Waals surface area contributed by atoms with Crippen molar-refractivity contribution in [2.24, 2.45) is 0 Å². The standard InChI is InChI=1S/C17H27N3O2/c1-12-7-6-8-20(15(12)22)11-14(21)18-13-9-16(2,3)19-17(4,5)10-13/h6-8,13,19H,9-11H2,1-5H3,(H,18,21). The molecule has 1 aromatic heterocycles. The first-order chi connectivity index (χ1) is 10.1. The summed E-state index contributed by atoms with van der Waals surface area (Å²) in [5.41, 5.74) is 0.516. The van der Waals surface area contributed by atoms with Crippen LogP contribution in [-0.4, -0.2) is 27.6 Å². The average Bonchev–Trinajstić information content (AvgIpc) is 2.30. The lowest BCUT2D eigenvalue weighted by Gasteiger charge is -2.46. The van der Waals surface area contributed by atoms with E-state index in [-0.39, 0.29) is 35.1 Å². The van der Waals surface area contributed by atoms with Crippen LogP contribution in [0.3, 0.4) is 0 Å². The Hall–Kier alpha value is -1.62. The van der Waals surface area contributed by atoms with Gasteiger partial charge in [0.15, 0.2) is 0 Å². The summed E-state index contributed by atoms with van der Waals surface area (Å²) in [4.78, 5) is 24.3. The summed E-state index contributed by atoms with van der Waals surface area (Å²) in [5, 5.41) is 6.68. The van der Waals surface area contributed by atoms with E-state index < -0.39 is 0 Å². The second kappa shape index (κ2) is 5.88. The predicted molar refractivity (Wildman–Crippen MR) is 87.9 cm³/mol. The van der Waals surface area contributed by atoms with Crippen LogP contribution in [0.25, 0.3) is 0 Å². The summed E-state index contributed by atoms with van der Waals surface area (Å²) in [6, 6.07) is 3.68. The molecule has 5 nitrogen and oxygen atoms in total. The minimum atomic E-state index is -0.108. The van der Waals surface area contributed by atoms with Crippen molar-refractivity contribution in [1.82, 2.24) is 15.2 Å². The molecule has 0 saturated carbocycles. The molecule has 1 saturated heterocycles. The predicted octanol–water partition coefficient (Wildman–Crippen LogP) is 1.58. The quantitative estimate of drug-likeness (QED) is 0.891. The second-order valence-corrected chi connectivity index (χ2v) is 7.69. The lowest BCUT2D eigenvalue weighted by atomic mass is 9.79. The fourth-order valence-electron chi connectivity index (χ4n) is 3.63. The molecule has 0 unspecified atom stereocenters. The maximum atomic E-state index is 12.3. The first-order valence-electron chi connectivity index (χ1n) is 7.83. The van der Waals surface area contributed by atoms with Crippen molar-refractivity contribution in [1.29, 1.82) is 0 Å². The Morgan fingerprint density at radius 1 is 1.32 bits per heavy atom. The first-order valence-corrected chi connectivity index (χ1v) is 7.83. The third-order valence-corrected chi connectivity index (χ3v) is 4.08. The van der Waals surface area contributed by atoms with Crippen molar-refractivity contribution >= 4 is 5.91 Å². The van der Waals surface area contributed by atoms with Crippen LogP contribution < -0.4 is 16.2 Å². The van der Waals surface area contributed by atoms with Gasteiger partial charge in [-0.2, -0.15) is 0 Å². The van der Waals surface area contributed by atoms with Crippen molar-refractivity contribution in [3.63, 3.8) is 0 Å². The number of nitrogens with zero attached hydrogens (tertiary/aromatic N) is 1. The van der Waals surface area contributed by atoms with Gasteiger partial charge in [-0.1, -0.05) is 6.07 Å².